The standard InChI is InChI=1S/C16H15N5O3/c1-9-6-12-14(13(22)7-9)15(20-16(19-12)17-8-18-20)10-2-4-11(5-3-10)21(23)24/h2-5,8-9,15H,6-7H2,1H3,(H,17,18,19)/t9-,15-/m0/s1. The number of nitro benzene ring substituents is 1. The van der Waals surface area contributed by atoms with Crippen LogP contribution in [0.15, 0.2) is 41.9 Å². The molecule has 1 aliphatic heterocycles. The summed E-state index contributed by atoms with van der Waals surface area (Å²) >= 11 is 0. The van der Waals surface area contributed by atoms with Gasteiger partial charge in [-0.15, -0.1) is 0 Å². The summed E-state index contributed by atoms with van der Waals surface area (Å²) in [5.74, 6) is 0.940. The third kappa shape index (κ3) is 2.18. The van der Waals surface area contributed by atoms with Crippen molar-refractivity contribution < 1.29 is 9.72 Å². The minimum Gasteiger partial charge on any atom is -0.328 e. The molecule has 2 aromatic rings. The van der Waals surface area contributed by atoms with Gasteiger partial charge in [0.2, 0.25) is 5.95 Å². The monoisotopic (exact) mass is 325 g/mol. The fraction of sp³-hybridized carbons (Fsp3) is 0.312. The van der Waals surface area contributed by atoms with Crippen molar-refractivity contribution in [3.63, 3.8) is 0 Å². The minimum atomic E-state index is -0.439. The van der Waals surface area contributed by atoms with E-state index >= 15 is 0 Å². The highest BCUT2D eigenvalue weighted by atomic mass is 16.6. The zero-order valence-electron chi connectivity index (χ0n) is 13.0. The molecule has 0 amide bonds. The number of aromatic nitrogens is 3. The van der Waals surface area contributed by atoms with Gasteiger partial charge < -0.3 is 5.32 Å². The Kier molecular flexibility index (Phi) is 3.19. The number of fused-ring (bicyclic) bond motifs is 1. The van der Waals surface area contributed by atoms with Gasteiger partial charge in [0.1, 0.15) is 12.4 Å². The second-order valence-electron chi connectivity index (χ2n) is 6.23. The van der Waals surface area contributed by atoms with Crippen LogP contribution in [0.5, 0.6) is 0 Å². The van der Waals surface area contributed by atoms with Crippen LogP contribution < -0.4 is 5.32 Å². The van der Waals surface area contributed by atoms with Gasteiger partial charge in [-0.3, -0.25) is 14.9 Å². The van der Waals surface area contributed by atoms with Gasteiger partial charge in [0.25, 0.3) is 5.69 Å². The maximum atomic E-state index is 12.7. The van der Waals surface area contributed by atoms with Gasteiger partial charge in [0.15, 0.2) is 5.78 Å². The SMILES string of the molecule is C[C@@H]1CC(=O)C2=C(C1)Nc1ncnn1[C@H]2c1ccc([N+](=O)[O-])cc1. The first kappa shape index (κ1) is 14.6. The lowest BCUT2D eigenvalue weighted by Gasteiger charge is -2.34. The number of hydrogen-bond donors (Lipinski definition) is 1. The van der Waals surface area contributed by atoms with Gasteiger partial charge in [0, 0.05) is 29.8 Å². The summed E-state index contributed by atoms with van der Waals surface area (Å²) in [5, 5.41) is 18.3. The summed E-state index contributed by atoms with van der Waals surface area (Å²) in [6.45, 7) is 2.05. The van der Waals surface area contributed by atoms with Crippen LogP contribution in [0.1, 0.15) is 31.4 Å². The third-order valence-electron chi connectivity index (χ3n) is 4.49. The first-order chi connectivity index (χ1) is 11.5. The van der Waals surface area contributed by atoms with Gasteiger partial charge in [-0.05, 0) is 30.0 Å². The second kappa shape index (κ2) is 5.26. The van der Waals surface area contributed by atoms with Crippen molar-refractivity contribution in [1.82, 2.24) is 14.8 Å². The first-order valence-electron chi connectivity index (χ1n) is 7.71. The molecule has 0 bridgehead atoms. The number of non-ortho nitro benzene ring substituents is 1. The van der Waals surface area contributed by atoms with Crippen LogP contribution in [-0.4, -0.2) is 25.5 Å². The first-order valence-corrected chi connectivity index (χ1v) is 7.71. The molecular weight excluding hydrogens is 310 g/mol. The maximum Gasteiger partial charge on any atom is 0.269 e. The number of anilines is 1. The Hall–Kier alpha value is -3.03. The zero-order valence-corrected chi connectivity index (χ0v) is 13.0. The molecule has 24 heavy (non-hydrogen) atoms. The predicted octanol–water partition coefficient (Wildman–Crippen LogP) is 2.45. The molecule has 0 unspecified atom stereocenters. The number of nitrogens with zero attached hydrogens (tertiary/aromatic N) is 4. The molecule has 1 aromatic heterocycles. The predicted molar refractivity (Wildman–Crippen MR) is 85.3 cm³/mol. The van der Waals surface area contributed by atoms with Crippen LogP contribution in [0, 0.1) is 16.0 Å². The largest absolute Gasteiger partial charge is 0.328 e. The van der Waals surface area contributed by atoms with Crippen LogP contribution >= 0.6 is 0 Å². The van der Waals surface area contributed by atoms with E-state index < -0.39 is 11.0 Å². The molecule has 122 valence electrons. The quantitative estimate of drug-likeness (QED) is 0.672. The molecule has 2 aliphatic rings. The van der Waals surface area contributed by atoms with Gasteiger partial charge in [-0.1, -0.05) is 6.92 Å². The number of rotatable bonds is 2. The highest BCUT2D eigenvalue weighted by Crippen LogP contribution is 2.41. The summed E-state index contributed by atoms with van der Waals surface area (Å²) in [5.41, 5.74) is 2.36. The van der Waals surface area contributed by atoms with Gasteiger partial charge in [-0.25, -0.2) is 4.68 Å². The summed E-state index contributed by atoms with van der Waals surface area (Å²) in [6, 6.07) is 5.85. The lowest BCUT2D eigenvalue weighted by atomic mass is 9.81. The number of hydrogen-bond acceptors (Lipinski definition) is 6. The molecule has 0 fully saturated rings. The van der Waals surface area contributed by atoms with Crippen LogP contribution in [0.4, 0.5) is 11.6 Å². The van der Waals surface area contributed by atoms with Crippen molar-refractivity contribution in [3.05, 3.63) is 57.5 Å². The molecule has 0 radical (unpaired) electrons. The van der Waals surface area contributed by atoms with E-state index in [2.05, 4.69) is 15.4 Å². The lowest BCUT2D eigenvalue weighted by molar-refractivity contribution is -0.384. The van der Waals surface area contributed by atoms with E-state index in [0.29, 0.717) is 17.9 Å². The molecule has 1 N–H and O–H groups in total. The number of carbonyl (C=O) groups excluding carboxylic acids is 1. The Morgan fingerprint density at radius 2 is 2.04 bits per heavy atom. The van der Waals surface area contributed by atoms with Crippen LogP contribution in [0.25, 0.3) is 0 Å². The highest BCUT2D eigenvalue weighted by Gasteiger charge is 2.37. The zero-order chi connectivity index (χ0) is 16.8. The van der Waals surface area contributed by atoms with Crippen molar-refractivity contribution in [2.24, 2.45) is 5.92 Å². The number of allylic oxidation sites excluding steroid dienone is 2. The fourth-order valence-electron chi connectivity index (χ4n) is 3.43. The molecule has 0 spiro atoms. The maximum absolute atomic E-state index is 12.7. The van der Waals surface area contributed by atoms with E-state index in [4.69, 9.17) is 0 Å². The minimum absolute atomic E-state index is 0.0179. The van der Waals surface area contributed by atoms with E-state index in [1.165, 1.54) is 18.5 Å². The molecule has 8 nitrogen and oxygen atoms in total. The molecule has 0 saturated heterocycles. The van der Waals surface area contributed by atoms with Crippen molar-refractivity contribution in [2.75, 3.05) is 5.32 Å². The molecule has 2 atom stereocenters. The van der Waals surface area contributed by atoms with Crippen LogP contribution in [-0.2, 0) is 4.79 Å². The summed E-state index contributed by atoms with van der Waals surface area (Å²) in [7, 11) is 0. The smallest absolute Gasteiger partial charge is 0.269 e. The summed E-state index contributed by atoms with van der Waals surface area (Å²) in [4.78, 5) is 27.3. The fourth-order valence-corrected chi connectivity index (χ4v) is 3.43. The number of Topliss-reactive ketones (excluding diaryl/α,β-unsaturated/α-hetero) is 1. The molecule has 0 saturated carbocycles. The van der Waals surface area contributed by atoms with Gasteiger partial charge in [-0.2, -0.15) is 10.1 Å². The van der Waals surface area contributed by atoms with Crippen molar-refractivity contribution >= 4 is 17.4 Å². The number of nitrogens with one attached hydrogen (secondary N) is 1. The summed E-state index contributed by atoms with van der Waals surface area (Å²) < 4.78 is 1.66. The van der Waals surface area contributed by atoms with Crippen molar-refractivity contribution in [3.8, 4) is 0 Å². The third-order valence-corrected chi connectivity index (χ3v) is 4.49. The Morgan fingerprint density at radius 1 is 1.29 bits per heavy atom. The molecular formula is C16H15N5O3. The van der Waals surface area contributed by atoms with E-state index in [1.54, 1.807) is 16.8 Å². The molecule has 8 heteroatoms. The van der Waals surface area contributed by atoms with E-state index in [1.807, 2.05) is 6.92 Å². The molecule has 2 heterocycles. The van der Waals surface area contributed by atoms with Crippen molar-refractivity contribution in [2.45, 2.75) is 25.8 Å². The van der Waals surface area contributed by atoms with E-state index in [-0.39, 0.29) is 17.4 Å². The number of nitro groups is 1. The van der Waals surface area contributed by atoms with E-state index in [9.17, 15) is 14.9 Å². The van der Waals surface area contributed by atoms with Gasteiger partial charge >= 0.3 is 0 Å². The Morgan fingerprint density at radius 3 is 2.75 bits per heavy atom. The van der Waals surface area contributed by atoms with Gasteiger partial charge in [0.05, 0.1) is 4.92 Å². The summed E-state index contributed by atoms with van der Waals surface area (Å²) in [6.07, 6.45) is 2.71. The average molecular weight is 325 g/mol. The Bertz CT molecular complexity index is 868. The lowest BCUT2D eigenvalue weighted by Crippen LogP contribution is -2.33. The average Bonchev–Trinajstić information content (AvgIpc) is 3.00. The van der Waals surface area contributed by atoms with Crippen LogP contribution in [0.3, 0.4) is 0 Å². The number of benzene rings is 1. The highest BCUT2D eigenvalue weighted by molar-refractivity contribution is 5.99. The molecule has 1 aromatic carbocycles. The van der Waals surface area contributed by atoms with E-state index in [0.717, 1.165) is 17.7 Å². The number of ketones is 1. The molecule has 1 aliphatic carbocycles. The molecule has 4 rings (SSSR count). The Balaban J connectivity index is 1.85. The Labute approximate surface area is 137 Å². The number of carbonyl (C=O) groups is 1. The normalized spacial score (nSPS) is 22.6. The second-order valence-corrected chi connectivity index (χ2v) is 6.23. The van der Waals surface area contributed by atoms with Crippen LogP contribution in [0.2, 0.25) is 0 Å². The topological polar surface area (TPSA) is 103 Å². The van der Waals surface area contributed by atoms with Crippen molar-refractivity contribution in [1.29, 1.82) is 0 Å².